The molecule has 1 aromatic rings. The number of benzene rings is 1. The summed E-state index contributed by atoms with van der Waals surface area (Å²) >= 11 is 0. The first-order valence-corrected chi connectivity index (χ1v) is 5.23. The van der Waals surface area contributed by atoms with Crippen molar-refractivity contribution in [3.63, 3.8) is 0 Å². The number of anilines is 1. The molecular formula is C11H14N2O5. The lowest BCUT2D eigenvalue weighted by molar-refractivity contribution is -0.385. The Morgan fingerprint density at radius 1 is 1.56 bits per heavy atom. The van der Waals surface area contributed by atoms with Crippen LogP contribution in [0.15, 0.2) is 12.1 Å². The van der Waals surface area contributed by atoms with Crippen LogP contribution in [0, 0.1) is 17.0 Å². The molecule has 0 aliphatic rings. The average molecular weight is 254 g/mol. The number of carboxylic acid groups (broad SMARTS) is 1. The number of carbonyl (C=O) groups is 1. The number of nitro benzene ring substituents is 1. The molecule has 0 aromatic heterocycles. The molecule has 18 heavy (non-hydrogen) atoms. The van der Waals surface area contributed by atoms with E-state index < -0.39 is 10.9 Å². The van der Waals surface area contributed by atoms with E-state index in [1.807, 2.05) is 0 Å². The maximum absolute atomic E-state index is 11.0. The van der Waals surface area contributed by atoms with Gasteiger partial charge in [0.1, 0.15) is 0 Å². The van der Waals surface area contributed by atoms with Crippen molar-refractivity contribution in [1.82, 2.24) is 0 Å². The number of nitrogens with one attached hydrogen (secondary N) is 1. The summed E-state index contributed by atoms with van der Waals surface area (Å²) in [6.07, 6.45) is 0. The fraction of sp³-hybridized carbons (Fsp3) is 0.364. The van der Waals surface area contributed by atoms with Gasteiger partial charge < -0.3 is 15.2 Å². The standard InChI is InChI=1S/C11H14N2O5/c1-7-9(13(16)17)4-3-8(11(14)15)10(7)12-5-6-18-2/h3-4,12H,5-6H2,1-2H3,(H,14,15). The summed E-state index contributed by atoms with van der Waals surface area (Å²) < 4.78 is 4.84. The molecule has 0 fully saturated rings. The minimum absolute atomic E-state index is 0.00852. The molecule has 7 heteroatoms. The zero-order valence-electron chi connectivity index (χ0n) is 10.1. The maximum Gasteiger partial charge on any atom is 0.337 e. The number of nitro groups is 1. The van der Waals surface area contributed by atoms with Crippen molar-refractivity contribution in [2.75, 3.05) is 25.6 Å². The zero-order valence-corrected chi connectivity index (χ0v) is 10.1. The molecule has 0 aliphatic heterocycles. The molecule has 0 heterocycles. The molecule has 1 aromatic carbocycles. The quantitative estimate of drug-likeness (QED) is 0.454. The van der Waals surface area contributed by atoms with Crippen molar-refractivity contribution < 1.29 is 19.6 Å². The molecule has 0 spiro atoms. The van der Waals surface area contributed by atoms with Crippen LogP contribution in [0.25, 0.3) is 0 Å². The van der Waals surface area contributed by atoms with Crippen LogP contribution in [0.1, 0.15) is 15.9 Å². The van der Waals surface area contributed by atoms with E-state index in [4.69, 9.17) is 9.84 Å². The highest BCUT2D eigenvalue weighted by Crippen LogP contribution is 2.29. The predicted molar refractivity (Wildman–Crippen MR) is 65.2 cm³/mol. The van der Waals surface area contributed by atoms with Crippen LogP contribution >= 0.6 is 0 Å². The topological polar surface area (TPSA) is 102 Å². The lowest BCUT2D eigenvalue weighted by atomic mass is 10.1. The lowest BCUT2D eigenvalue weighted by Crippen LogP contribution is -2.13. The van der Waals surface area contributed by atoms with Gasteiger partial charge in [0, 0.05) is 19.7 Å². The van der Waals surface area contributed by atoms with Crippen LogP contribution in [0.4, 0.5) is 11.4 Å². The molecule has 0 unspecified atom stereocenters. The number of nitrogens with zero attached hydrogens (tertiary/aromatic N) is 1. The van der Waals surface area contributed by atoms with Gasteiger partial charge in [-0.15, -0.1) is 0 Å². The molecule has 0 aliphatic carbocycles. The highest BCUT2D eigenvalue weighted by atomic mass is 16.6. The molecule has 7 nitrogen and oxygen atoms in total. The molecule has 1 rings (SSSR count). The first-order valence-electron chi connectivity index (χ1n) is 5.23. The van der Waals surface area contributed by atoms with Gasteiger partial charge in [-0.25, -0.2) is 4.79 Å². The summed E-state index contributed by atoms with van der Waals surface area (Å²) in [6, 6.07) is 2.42. The third-order valence-electron chi connectivity index (χ3n) is 2.47. The van der Waals surface area contributed by atoms with Gasteiger partial charge in [0.2, 0.25) is 0 Å². The van der Waals surface area contributed by atoms with Gasteiger partial charge in [0.05, 0.1) is 28.3 Å². The van der Waals surface area contributed by atoms with E-state index in [2.05, 4.69) is 5.32 Å². The van der Waals surface area contributed by atoms with Crippen LogP contribution in [-0.2, 0) is 4.74 Å². The van der Waals surface area contributed by atoms with Gasteiger partial charge >= 0.3 is 5.97 Å². The van der Waals surface area contributed by atoms with E-state index in [0.717, 1.165) is 0 Å². The first-order chi connectivity index (χ1) is 8.49. The molecule has 0 saturated carbocycles. The van der Waals surface area contributed by atoms with Crippen molar-refractivity contribution >= 4 is 17.3 Å². The fourth-order valence-corrected chi connectivity index (χ4v) is 1.58. The molecule has 0 radical (unpaired) electrons. The van der Waals surface area contributed by atoms with Gasteiger partial charge in [0.15, 0.2) is 0 Å². The SMILES string of the molecule is COCCNc1c(C(=O)O)ccc([N+](=O)[O-])c1C. The Labute approximate surface area is 104 Å². The summed E-state index contributed by atoms with van der Waals surface area (Å²) in [5.41, 5.74) is 0.457. The second-order valence-corrected chi connectivity index (χ2v) is 3.61. The van der Waals surface area contributed by atoms with Crippen LogP contribution < -0.4 is 5.32 Å². The fourth-order valence-electron chi connectivity index (χ4n) is 1.58. The summed E-state index contributed by atoms with van der Waals surface area (Å²) in [7, 11) is 1.51. The Bertz CT molecular complexity index is 473. The molecule has 2 N–H and O–H groups in total. The Kier molecular flexibility index (Phi) is 4.61. The minimum Gasteiger partial charge on any atom is -0.478 e. The van der Waals surface area contributed by atoms with Crippen molar-refractivity contribution in [3.05, 3.63) is 33.4 Å². The Morgan fingerprint density at radius 3 is 2.72 bits per heavy atom. The number of aromatic carboxylic acids is 1. The van der Waals surface area contributed by atoms with E-state index in [1.54, 1.807) is 0 Å². The smallest absolute Gasteiger partial charge is 0.337 e. The van der Waals surface area contributed by atoms with Crippen LogP contribution in [0.3, 0.4) is 0 Å². The molecule has 0 bridgehead atoms. The summed E-state index contributed by atoms with van der Waals surface area (Å²) in [5.74, 6) is -1.13. The number of rotatable bonds is 6. The van der Waals surface area contributed by atoms with E-state index in [9.17, 15) is 14.9 Å². The van der Waals surface area contributed by atoms with Crippen LogP contribution in [0.5, 0.6) is 0 Å². The monoisotopic (exact) mass is 254 g/mol. The Hall–Kier alpha value is -2.15. The molecule has 98 valence electrons. The normalized spacial score (nSPS) is 10.1. The zero-order chi connectivity index (χ0) is 13.7. The second kappa shape index (κ2) is 5.97. The highest BCUT2D eigenvalue weighted by molar-refractivity contribution is 5.96. The number of carboxylic acids is 1. The van der Waals surface area contributed by atoms with Gasteiger partial charge in [0.25, 0.3) is 5.69 Å². The number of hydrogen-bond donors (Lipinski definition) is 2. The second-order valence-electron chi connectivity index (χ2n) is 3.61. The average Bonchev–Trinajstić information content (AvgIpc) is 2.30. The minimum atomic E-state index is -1.13. The van der Waals surface area contributed by atoms with Gasteiger partial charge in [-0.05, 0) is 13.0 Å². The third-order valence-corrected chi connectivity index (χ3v) is 2.47. The number of hydrogen-bond acceptors (Lipinski definition) is 5. The summed E-state index contributed by atoms with van der Waals surface area (Å²) in [6.45, 7) is 2.26. The molecule has 0 saturated heterocycles. The van der Waals surface area contributed by atoms with Crippen molar-refractivity contribution in [3.8, 4) is 0 Å². The van der Waals surface area contributed by atoms with E-state index in [0.29, 0.717) is 18.7 Å². The summed E-state index contributed by atoms with van der Waals surface area (Å²) in [5, 5.41) is 22.7. The molecule has 0 atom stereocenters. The van der Waals surface area contributed by atoms with Crippen molar-refractivity contribution in [1.29, 1.82) is 0 Å². The van der Waals surface area contributed by atoms with Crippen molar-refractivity contribution in [2.45, 2.75) is 6.92 Å². The number of methoxy groups -OCH3 is 1. The van der Waals surface area contributed by atoms with E-state index in [-0.39, 0.29) is 16.9 Å². The predicted octanol–water partition coefficient (Wildman–Crippen LogP) is 1.66. The largest absolute Gasteiger partial charge is 0.478 e. The highest BCUT2D eigenvalue weighted by Gasteiger charge is 2.20. The van der Waals surface area contributed by atoms with Gasteiger partial charge in [-0.2, -0.15) is 0 Å². The number of ether oxygens (including phenoxy) is 1. The van der Waals surface area contributed by atoms with Gasteiger partial charge in [-0.1, -0.05) is 0 Å². The van der Waals surface area contributed by atoms with E-state index >= 15 is 0 Å². The van der Waals surface area contributed by atoms with E-state index in [1.165, 1.54) is 26.2 Å². The Balaban J connectivity index is 3.18. The lowest BCUT2D eigenvalue weighted by Gasteiger charge is -2.12. The first kappa shape index (κ1) is 13.9. The third kappa shape index (κ3) is 2.95. The van der Waals surface area contributed by atoms with Crippen molar-refractivity contribution in [2.24, 2.45) is 0 Å². The summed E-state index contributed by atoms with van der Waals surface area (Å²) in [4.78, 5) is 21.3. The maximum atomic E-state index is 11.0. The Morgan fingerprint density at radius 2 is 2.22 bits per heavy atom. The van der Waals surface area contributed by atoms with Crippen LogP contribution in [0.2, 0.25) is 0 Å². The molecule has 0 amide bonds. The van der Waals surface area contributed by atoms with Gasteiger partial charge in [-0.3, -0.25) is 10.1 Å². The molecular weight excluding hydrogens is 240 g/mol. The van der Waals surface area contributed by atoms with Crippen LogP contribution in [-0.4, -0.2) is 36.3 Å².